The Balaban J connectivity index is 1.34. The molecule has 1 aliphatic heterocycles. The lowest BCUT2D eigenvalue weighted by Crippen LogP contribution is -2.21. The molecule has 0 radical (unpaired) electrons. The third-order valence-corrected chi connectivity index (χ3v) is 5.25. The summed E-state index contributed by atoms with van der Waals surface area (Å²) in [6.07, 6.45) is 3.97. The van der Waals surface area contributed by atoms with Gasteiger partial charge in [0.25, 0.3) is 5.88 Å². The van der Waals surface area contributed by atoms with Crippen molar-refractivity contribution >= 4 is 22.6 Å². The van der Waals surface area contributed by atoms with Gasteiger partial charge in [0.2, 0.25) is 5.78 Å². The lowest BCUT2D eigenvalue weighted by Gasteiger charge is -2.18. The number of para-hydroxylation sites is 2. The van der Waals surface area contributed by atoms with Gasteiger partial charge in [-0.15, -0.1) is 0 Å². The molecule has 3 heterocycles. The topological polar surface area (TPSA) is 108 Å². The van der Waals surface area contributed by atoms with E-state index in [0.717, 1.165) is 24.0 Å². The van der Waals surface area contributed by atoms with Gasteiger partial charge in [0.15, 0.2) is 11.6 Å². The Labute approximate surface area is 178 Å². The predicted molar refractivity (Wildman–Crippen MR) is 114 cm³/mol. The van der Waals surface area contributed by atoms with Gasteiger partial charge in [-0.25, -0.2) is 15.0 Å². The summed E-state index contributed by atoms with van der Waals surface area (Å²) in [6.45, 7) is 1.34. The molecular formula is C23H18N6O2. The van der Waals surface area contributed by atoms with Crippen molar-refractivity contribution < 1.29 is 9.53 Å². The van der Waals surface area contributed by atoms with Crippen LogP contribution < -0.4 is 9.64 Å². The number of nitrogens with one attached hydrogen (secondary N) is 1. The van der Waals surface area contributed by atoms with Crippen LogP contribution >= 0.6 is 0 Å². The van der Waals surface area contributed by atoms with Gasteiger partial charge in [-0.3, -0.25) is 4.79 Å². The Morgan fingerprint density at radius 3 is 2.71 bits per heavy atom. The van der Waals surface area contributed by atoms with Crippen LogP contribution in [0.5, 0.6) is 11.6 Å². The monoisotopic (exact) mass is 410 g/mol. The van der Waals surface area contributed by atoms with Crippen LogP contribution in [0.25, 0.3) is 11.0 Å². The molecule has 1 fully saturated rings. The fraction of sp³-hybridized carbons (Fsp3) is 0.174. The normalized spacial score (nSPS) is 15.7. The standard InChI is InChI=1S/C23H18N6O2/c24-13-15-9-12-29(14-15)22-23(26-11-10-25-22)31-17-7-5-16(6-8-17)20(30)21-27-18-3-1-2-4-19(18)28-21/h1-8,10-11,15H,9,12,14H2,(H,27,28). The maximum absolute atomic E-state index is 12.8. The second-order valence-electron chi connectivity index (χ2n) is 7.30. The van der Waals surface area contributed by atoms with Gasteiger partial charge in [-0.1, -0.05) is 12.1 Å². The summed E-state index contributed by atoms with van der Waals surface area (Å²) < 4.78 is 5.95. The van der Waals surface area contributed by atoms with E-state index in [2.05, 4.69) is 26.0 Å². The number of aromatic nitrogens is 4. The fourth-order valence-corrected chi connectivity index (χ4v) is 3.65. The first-order valence-corrected chi connectivity index (χ1v) is 9.94. The summed E-state index contributed by atoms with van der Waals surface area (Å²) in [6, 6.07) is 16.6. The maximum Gasteiger partial charge on any atom is 0.263 e. The number of rotatable bonds is 5. The summed E-state index contributed by atoms with van der Waals surface area (Å²) in [5.41, 5.74) is 2.07. The first-order valence-electron chi connectivity index (χ1n) is 9.94. The summed E-state index contributed by atoms with van der Waals surface area (Å²) >= 11 is 0. The van der Waals surface area contributed by atoms with Gasteiger partial charge in [0, 0.05) is 31.0 Å². The summed E-state index contributed by atoms with van der Waals surface area (Å²) in [4.78, 5) is 30.9. The van der Waals surface area contributed by atoms with Crippen molar-refractivity contribution in [3.63, 3.8) is 0 Å². The van der Waals surface area contributed by atoms with Crippen LogP contribution in [-0.2, 0) is 0 Å². The highest BCUT2D eigenvalue weighted by molar-refractivity contribution is 6.08. The molecule has 31 heavy (non-hydrogen) atoms. The molecule has 0 aliphatic carbocycles. The lowest BCUT2D eigenvalue weighted by molar-refractivity contribution is 0.103. The van der Waals surface area contributed by atoms with Crippen LogP contribution in [0.4, 0.5) is 5.82 Å². The van der Waals surface area contributed by atoms with Crippen LogP contribution in [0.2, 0.25) is 0 Å². The molecule has 2 aromatic heterocycles. The highest BCUT2D eigenvalue weighted by atomic mass is 16.5. The first kappa shape index (κ1) is 18.8. The third-order valence-electron chi connectivity index (χ3n) is 5.25. The number of imidazole rings is 1. The zero-order valence-corrected chi connectivity index (χ0v) is 16.5. The Morgan fingerprint density at radius 2 is 1.94 bits per heavy atom. The van der Waals surface area contributed by atoms with Crippen LogP contribution in [0.1, 0.15) is 22.6 Å². The number of nitriles is 1. The number of anilines is 1. The van der Waals surface area contributed by atoms with Crippen molar-refractivity contribution in [1.82, 2.24) is 19.9 Å². The molecule has 5 rings (SSSR count). The SMILES string of the molecule is N#CC1CCN(c2nccnc2Oc2ccc(C(=O)c3nc4ccccc4[nH]3)cc2)C1. The van der Waals surface area contributed by atoms with Gasteiger partial charge < -0.3 is 14.6 Å². The van der Waals surface area contributed by atoms with Crippen molar-refractivity contribution in [1.29, 1.82) is 5.26 Å². The van der Waals surface area contributed by atoms with Crippen molar-refractivity contribution in [2.24, 2.45) is 5.92 Å². The number of ether oxygens (including phenoxy) is 1. The van der Waals surface area contributed by atoms with E-state index >= 15 is 0 Å². The average molecular weight is 410 g/mol. The second-order valence-corrected chi connectivity index (χ2v) is 7.30. The smallest absolute Gasteiger partial charge is 0.263 e. The number of H-pyrrole nitrogens is 1. The van der Waals surface area contributed by atoms with Crippen molar-refractivity contribution in [3.8, 4) is 17.7 Å². The Morgan fingerprint density at radius 1 is 1.13 bits per heavy atom. The largest absolute Gasteiger partial charge is 0.436 e. The number of carbonyl (C=O) groups is 1. The zero-order valence-electron chi connectivity index (χ0n) is 16.5. The highest BCUT2D eigenvalue weighted by Gasteiger charge is 2.26. The summed E-state index contributed by atoms with van der Waals surface area (Å²) in [7, 11) is 0. The predicted octanol–water partition coefficient (Wildman–Crippen LogP) is 3.73. The van der Waals surface area contributed by atoms with E-state index in [1.807, 2.05) is 29.2 Å². The van der Waals surface area contributed by atoms with Crippen molar-refractivity contribution in [2.75, 3.05) is 18.0 Å². The number of hydrogen-bond acceptors (Lipinski definition) is 7. The van der Waals surface area contributed by atoms with E-state index in [1.165, 1.54) is 0 Å². The number of aromatic amines is 1. The van der Waals surface area contributed by atoms with Gasteiger partial charge >= 0.3 is 0 Å². The number of nitrogens with zero attached hydrogens (tertiary/aromatic N) is 5. The Kier molecular flexibility index (Phi) is 4.77. The minimum absolute atomic E-state index is 0.0154. The van der Waals surface area contributed by atoms with E-state index in [1.54, 1.807) is 36.7 Å². The number of fused-ring (bicyclic) bond motifs is 1. The number of benzene rings is 2. The molecule has 1 aliphatic rings. The molecule has 2 aromatic carbocycles. The minimum Gasteiger partial charge on any atom is -0.436 e. The van der Waals surface area contributed by atoms with Crippen LogP contribution in [0, 0.1) is 17.2 Å². The van der Waals surface area contributed by atoms with Gasteiger partial charge in [0.05, 0.1) is 23.0 Å². The highest BCUT2D eigenvalue weighted by Crippen LogP contribution is 2.31. The van der Waals surface area contributed by atoms with E-state index in [0.29, 0.717) is 35.4 Å². The second kappa shape index (κ2) is 7.88. The lowest BCUT2D eigenvalue weighted by atomic mass is 10.1. The van der Waals surface area contributed by atoms with E-state index < -0.39 is 0 Å². The molecule has 1 unspecified atom stereocenters. The first-order chi connectivity index (χ1) is 15.2. The Bertz CT molecular complexity index is 1260. The van der Waals surface area contributed by atoms with Crippen LogP contribution in [0.15, 0.2) is 60.9 Å². The number of carbonyl (C=O) groups excluding carboxylic acids is 1. The van der Waals surface area contributed by atoms with Crippen LogP contribution in [-0.4, -0.2) is 38.8 Å². The maximum atomic E-state index is 12.8. The third kappa shape index (κ3) is 3.69. The van der Waals surface area contributed by atoms with Gasteiger partial charge in [-0.05, 0) is 42.8 Å². The van der Waals surface area contributed by atoms with E-state index in [4.69, 9.17) is 10.00 Å². The Hall–Kier alpha value is -4.25. The molecule has 8 heteroatoms. The quantitative estimate of drug-likeness (QED) is 0.500. The fourth-order valence-electron chi connectivity index (χ4n) is 3.65. The minimum atomic E-state index is -0.192. The summed E-state index contributed by atoms with van der Waals surface area (Å²) in [5, 5.41) is 9.15. The number of hydrogen-bond donors (Lipinski definition) is 1. The van der Waals surface area contributed by atoms with Gasteiger partial charge in [-0.2, -0.15) is 5.26 Å². The molecule has 0 amide bonds. The molecule has 0 bridgehead atoms. The van der Waals surface area contributed by atoms with Crippen LogP contribution in [0.3, 0.4) is 0 Å². The molecule has 4 aromatic rings. The molecule has 0 spiro atoms. The van der Waals surface area contributed by atoms with Gasteiger partial charge in [0.1, 0.15) is 5.75 Å². The van der Waals surface area contributed by atoms with Crippen molar-refractivity contribution in [2.45, 2.75) is 6.42 Å². The molecule has 152 valence electrons. The molecular weight excluding hydrogens is 392 g/mol. The summed E-state index contributed by atoms with van der Waals surface area (Å²) in [5.74, 6) is 1.62. The number of ketones is 1. The molecule has 1 atom stereocenters. The van der Waals surface area contributed by atoms with E-state index in [9.17, 15) is 4.79 Å². The zero-order chi connectivity index (χ0) is 21.2. The molecule has 0 saturated carbocycles. The molecule has 1 saturated heterocycles. The van der Waals surface area contributed by atoms with Crippen molar-refractivity contribution in [3.05, 3.63) is 72.3 Å². The molecule has 1 N–H and O–H groups in total. The van der Waals surface area contributed by atoms with E-state index in [-0.39, 0.29) is 11.7 Å². The average Bonchev–Trinajstić information content (AvgIpc) is 3.46. The molecule has 8 nitrogen and oxygen atoms in total.